The third kappa shape index (κ3) is 8.75. The zero-order valence-corrected chi connectivity index (χ0v) is 29.5. The number of piperidine rings is 1. The third-order valence-corrected chi connectivity index (χ3v) is 9.85. The molecule has 0 aromatic heterocycles. The lowest BCUT2D eigenvalue weighted by Gasteiger charge is -2.49. The number of carbonyl (C=O) groups is 5. The first-order valence-corrected chi connectivity index (χ1v) is 17.8. The fraction of sp³-hybridized carbons (Fsp3) is 0.432. The minimum atomic E-state index is -0.862. The molecule has 0 unspecified atom stereocenters. The van der Waals surface area contributed by atoms with Gasteiger partial charge in [-0.05, 0) is 75.9 Å². The van der Waals surface area contributed by atoms with Gasteiger partial charge in [0, 0.05) is 30.8 Å². The van der Waals surface area contributed by atoms with Crippen molar-refractivity contribution in [3.8, 4) is 0 Å². The van der Waals surface area contributed by atoms with Crippen molar-refractivity contribution >= 4 is 41.6 Å². The van der Waals surface area contributed by atoms with Crippen LogP contribution >= 0.6 is 11.8 Å². The highest BCUT2D eigenvalue weighted by atomic mass is 32.2. The number of thioether (sulfide) groups is 1. The van der Waals surface area contributed by atoms with E-state index in [4.69, 9.17) is 19.4 Å². The van der Waals surface area contributed by atoms with E-state index >= 15 is 0 Å². The molecule has 0 saturated carbocycles. The number of alkyl carbamates (subject to hydrolysis) is 1. The number of nitrogens with zero attached hydrogens (tertiary/aromatic N) is 2. The summed E-state index contributed by atoms with van der Waals surface area (Å²) in [5.41, 5.74) is 2.13. The molecule has 12 nitrogen and oxygen atoms in total. The summed E-state index contributed by atoms with van der Waals surface area (Å²) in [4.78, 5) is 66.4. The number of carboxylic acids is 1. The van der Waals surface area contributed by atoms with Gasteiger partial charge in [-0.1, -0.05) is 60.7 Å². The smallest absolute Gasteiger partial charge is 0.408 e. The minimum Gasteiger partial charge on any atom is -0.481 e. The molecule has 4 aliphatic heterocycles. The number of rotatable bonds is 7. The van der Waals surface area contributed by atoms with Gasteiger partial charge >= 0.3 is 12.1 Å². The van der Waals surface area contributed by atoms with Crippen LogP contribution in [0.3, 0.4) is 0 Å². The first-order chi connectivity index (χ1) is 23.8. The molecule has 0 spiro atoms. The van der Waals surface area contributed by atoms with Crippen molar-refractivity contribution in [2.75, 3.05) is 25.4 Å². The highest BCUT2D eigenvalue weighted by molar-refractivity contribution is 8.00. The number of esters is 1. The van der Waals surface area contributed by atoms with Crippen LogP contribution in [0.2, 0.25) is 0 Å². The van der Waals surface area contributed by atoms with Crippen molar-refractivity contribution in [2.24, 2.45) is 0 Å². The van der Waals surface area contributed by atoms with Gasteiger partial charge in [0.25, 0.3) is 11.9 Å². The van der Waals surface area contributed by atoms with Gasteiger partial charge in [-0.2, -0.15) is 0 Å². The molecule has 4 heterocycles. The second-order valence-electron chi connectivity index (χ2n) is 13.4. The monoisotopic (exact) mass is 704 g/mol. The van der Waals surface area contributed by atoms with Crippen molar-refractivity contribution in [3.05, 3.63) is 94.7 Å². The highest BCUT2D eigenvalue weighted by Crippen LogP contribution is 2.43. The zero-order valence-electron chi connectivity index (χ0n) is 28.7. The van der Waals surface area contributed by atoms with E-state index < -0.39 is 47.1 Å². The first-order valence-electron chi connectivity index (χ1n) is 16.7. The number of ether oxygens (including phenoxy) is 2. The van der Waals surface area contributed by atoms with Gasteiger partial charge in [-0.25, -0.2) is 9.59 Å². The number of amides is 3. The molecule has 0 bridgehead atoms. The number of likely N-dealkylation sites (tertiary alicyclic amines) is 1. The number of fused-ring (bicyclic) bond motifs is 1. The number of aliphatic carboxylic acids is 1. The normalized spacial score (nSPS) is 21.7. The Morgan fingerprint density at radius 2 is 1.58 bits per heavy atom. The lowest BCUT2D eigenvalue weighted by molar-refractivity contribution is -0.153. The van der Waals surface area contributed by atoms with E-state index in [0.717, 1.165) is 44.0 Å². The Kier molecular flexibility index (Phi) is 11.7. The summed E-state index contributed by atoms with van der Waals surface area (Å²) in [6, 6.07) is 18.2. The third-order valence-electron chi connectivity index (χ3n) is 8.55. The maximum atomic E-state index is 14.3. The van der Waals surface area contributed by atoms with Crippen LogP contribution in [-0.2, 0) is 28.7 Å². The molecule has 2 aromatic carbocycles. The van der Waals surface area contributed by atoms with Crippen LogP contribution in [0.25, 0.3) is 0 Å². The lowest BCUT2D eigenvalue weighted by atomic mass is 10.00. The Balaban J connectivity index is 0.00000115. The SMILES string of the molecule is CC(=O)O.CC(C)(C)OC(=O)N[C@@H]1C(=O)N2C(C(=O)OC(c3ccccc3)c3ccccc3)=C(/C=C3\CCN(C4CCNCC4)C3=O)CS[C@H]12. The van der Waals surface area contributed by atoms with Gasteiger partial charge in [-0.15, -0.1) is 11.8 Å². The summed E-state index contributed by atoms with van der Waals surface area (Å²) in [5.74, 6) is -1.60. The predicted octanol–water partition coefficient (Wildman–Crippen LogP) is 4.38. The zero-order chi connectivity index (χ0) is 36.0. The predicted molar refractivity (Wildman–Crippen MR) is 188 cm³/mol. The first kappa shape index (κ1) is 36.7. The molecule has 4 aliphatic rings. The number of carbonyl (C=O) groups excluding carboxylic acids is 4. The number of hydrogen-bond donors (Lipinski definition) is 3. The van der Waals surface area contributed by atoms with Gasteiger partial charge in [-0.3, -0.25) is 19.3 Å². The highest BCUT2D eigenvalue weighted by Gasteiger charge is 2.55. The van der Waals surface area contributed by atoms with Gasteiger partial charge in [0.05, 0.1) is 0 Å². The van der Waals surface area contributed by atoms with Gasteiger partial charge < -0.3 is 30.1 Å². The topological polar surface area (TPSA) is 155 Å². The number of allylic oxidation sites excluding steroid dienone is 1. The number of benzene rings is 2. The summed E-state index contributed by atoms with van der Waals surface area (Å²) in [7, 11) is 0. The quantitative estimate of drug-likeness (QED) is 0.215. The molecule has 2 aromatic rings. The molecule has 3 fully saturated rings. The molecular formula is C37H44N4O8S. The molecule has 13 heteroatoms. The second kappa shape index (κ2) is 15.9. The molecule has 6 rings (SSSR count). The Labute approximate surface area is 296 Å². The Bertz CT molecular complexity index is 1610. The van der Waals surface area contributed by atoms with E-state index in [0.29, 0.717) is 29.9 Å². The molecule has 3 amide bonds. The van der Waals surface area contributed by atoms with E-state index in [1.807, 2.05) is 65.6 Å². The molecular weight excluding hydrogens is 660 g/mol. The summed E-state index contributed by atoms with van der Waals surface area (Å²) >= 11 is 1.43. The van der Waals surface area contributed by atoms with Crippen LogP contribution in [0.1, 0.15) is 64.2 Å². The summed E-state index contributed by atoms with van der Waals surface area (Å²) in [5, 5.41) is 12.9. The van der Waals surface area contributed by atoms with Crippen LogP contribution in [0.4, 0.5) is 4.79 Å². The maximum Gasteiger partial charge on any atom is 0.408 e. The largest absolute Gasteiger partial charge is 0.481 e. The number of carboxylic acid groups (broad SMARTS) is 1. The van der Waals surface area contributed by atoms with Gasteiger partial charge in [0.1, 0.15) is 22.7 Å². The van der Waals surface area contributed by atoms with E-state index in [-0.39, 0.29) is 17.6 Å². The summed E-state index contributed by atoms with van der Waals surface area (Å²) in [6.45, 7) is 8.73. The molecule has 3 N–H and O–H groups in total. The number of β-lactam (4-membered cyclic amide) rings is 1. The van der Waals surface area contributed by atoms with Crippen LogP contribution in [0.15, 0.2) is 83.6 Å². The fourth-order valence-corrected chi connectivity index (χ4v) is 7.68. The standard InChI is InChI=1S/C35H40N4O6S.C2H4O2/c1-35(2,3)45-34(43)37-27-31(41)39-28(33(42)44-29(22-10-6-4-7-11-22)23-12-8-5-9-13-23)25(21-46-32(27)39)20-24-16-19-38(30(24)40)26-14-17-36-18-15-26;1-2(3)4/h4-13,20,26-27,29,32,36H,14-19,21H2,1-3H3,(H,37,43);1H3,(H,3,4)/b24-20+;/t27-,32-;/m1./s1. The Morgan fingerprint density at radius 1 is 1.00 bits per heavy atom. The van der Waals surface area contributed by atoms with Crippen LogP contribution < -0.4 is 10.6 Å². The molecule has 2 atom stereocenters. The van der Waals surface area contributed by atoms with Crippen LogP contribution in [0.5, 0.6) is 0 Å². The second-order valence-corrected chi connectivity index (χ2v) is 14.5. The average Bonchev–Trinajstić information content (AvgIpc) is 3.45. The fourth-order valence-electron chi connectivity index (χ4n) is 6.37. The van der Waals surface area contributed by atoms with Crippen LogP contribution in [0, 0.1) is 0 Å². The van der Waals surface area contributed by atoms with E-state index in [2.05, 4.69) is 10.6 Å². The van der Waals surface area contributed by atoms with Crippen molar-refractivity contribution in [2.45, 2.75) is 76.1 Å². The van der Waals surface area contributed by atoms with Crippen molar-refractivity contribution < 1.29 is 38.6 Å². The summed E-state index contributed by atoms with van der Waals surface area (Å²) in [6.07, 6.45) is 2.74. The van der Waals surface area contributed by atoms with E-state index in [9.17, 15) is 19.2 Å². The van der Waals surface area contributed by atoms with Crippen molar-refractivity contribution in [3.63, 3.8) is 0 Å². The van der Waals surface area contributed by atoms with Crippen molar-refractivity contribution in [1.82, 2.24) is 20.4 Å². The van der Waals surface area contributed by atoms with Gasteiger partial charge in [0.15, 0.2) is 6.10 Å². The lowest BCUT2D eigenvalue weighted by Crippen LogP contribution is -2.70. The van der Waals surface area contributed by atoms with E-state index in [1.165, 1.54) is 16.7 Å². The maximum absolute atomic E-state index is 14.3. The number of nitrogens with one attached hydrogen (secondary N) is 2. The van der Waals surface area contributed by atoms with Crippen LogP contribution in [-0.4, -0.2) is 93.2 Å². The molecule has 50 heavy (non-hydrogen) atoms. The summed E-state index contributed by atoms with van der Waals surface area (Å²) < 4.78 is 11.6. The van der Waals surface area contributed by atoms with E-state index in [1.54, 1.807) is 26.8 Å². The molecule has 0 radical (unpaired) electrons. The average molecular weight is 705 g/mol. The molecule has 3 saturated heterocycles. The molecule has 266 valence electrons. The Morgan fingerprint density at radius 3 is 2.14 bits per heavy atom. The Hall–Kier alpha value is -4.62. The molecule has 0 aliphatic carbocycles. The van der Waals surface area contributed by atoms with Crippen molar-refractivity contribution in [1.29, 1.82) is 0 Å². The number of hydrogen-bond acceptors (Lipinski definition) is 9. The van der Waals surface area contributed by atoms with Gasteiger partial charge in [0.2, 0.25) is 5.91 Å². The minimum absolute atomic E-state index is 0.0231.